The first-order chi connectivity index (χ1) is 39.5. The van der Waals surface area contributed by atoms with Crippen LogP contribution in [0.1, 0.15) is 374 Å². The largest absolute Gasteiger partial charge is 0.462 e. The lowest BCUT2D eigenvalue weighted by Crippen LogP contribution is -2.30. The van der Waals surface area contributed by atoms with E-state index in [4.69, 9.17) is 14.2 Å². The quantitative estimate of drug-likeness (QED) is 0.0261. The summed E-state index contributed by atoms with van der Waals surface area (Å²) in [4.78, 5) is 38.3. The highest BCUT2D eigenvalue weighted by atomic mass is 16.6. The fourth-order valence-electron chi connectivity index (χ4n) is 10.5. The van der Waals surface area contributed by atoms with Crippen LogP contribution in [0.4, 0.5) is 0 Å². The molecule has 0 aliphatic carbocycles. The Morgan fingerprint density at radius 2 is 0.500 bits per heavy atom. The predicted octanol–water partition coefficient (Wildman–Crippen LogP) is 24.3. The molecule has 0 aliphatic heterocycles. The smallest absolute Gasteiger partial charge is 0.306 e. The first-order valence-electron chi connectivity index (χ1n) is 35.3. The maximum atomic E-state index is 12.9. The van der Waals surface area contributed by atoms with Crippen LogP contribution >= 0.6 is 0 Å². The van der Waals surface area contributed by atoms with Crippen LogP contribution in [-0.2, 0) is 28.6 Å². The normalized spacial score (nSPS) is 12.4. The molecule has 0 spiro atoms. The van der Waals surface area contributed by atoms with Crippen LogP contribution in [0.3, 0.4) is 0 Å². The fourth-order valence-corrected chi connectivity index (χ4v) is 10.5. The molecule has 0 aromatic carbocycles. The molecule has 0 aromatic heterocycles. The number of carbonyl (C=O) groups is 3. The minimum atomic E-state index is -0.790. The summed E-state index contributed by atoms with van der Waals surface area (Å²) in [6.07, 6.45) is 88.6. The third-order valence-electron chi connectivity index (χ3n) is 15.8. The van der Waals surface area contributed by atoms with Crippen LogP contribution in [-0.4, -0.2) is 37.2 Å². The molecule has 6 heteroatoms. The van der Waals surface area contributed by atoms with Gasteiger partial charge in [-0.1, -0.05) is 338 Å². The van der Waals surface area contributed by atoms with Crippen LogP contribution < -0.4 is 0 Å². The highest BCUT2D eigenvalue weighted by Gasteiger charge is 2.19. The Bertz CT molecular complexity index is 1430. The Morgan fingerprint density at radius 3 is 0.812 bits per heavy atom. The molecule has 6 nitrogen and oxygen atoms in total. The van der Waals surface area contributed by atoms with Crippen molar-refractivity contribution in [2.24, 2.45) is 0 Å². The van der Waals surface area contributed by atoms with Crippen molar-refractivity contribution in [3.63, 3.8) is 0 Å². The Hall–Kier alpha value is -2.89. The Labute approximate surface area is 498 Å². The van der Waals surface area contributed by atoms with Gasteiger partial charge in [0, 0.05) is 19.3 Å². The minimum absolute atomic E-state index is 0.0840. The number of rotatable bonds is 65. The van der Waals surface area contributed by atoms with Crippen molar-refractivity contribution < 1.29 is 28.6 Å². The lowest BCUT2D eigenvalue weighted by Gasteiger charge is -2.18. The molecule has 0 saturated heterocycles. The minimum Gasteiger partial charge on any atom is -0.462 e. The van der Waals surface area contributed by atoms with E-state index in [-0.39, 0.29) is 31.1 Å². The molecule has 0 N–H and O–H groups in total. The van der Waals surface area contributed by atoms with E-state index < -0.39 is 6.10 Å². The van der Waals surface area contributed by atoms with Crippen LogP contribution in [0.15, 0.2) is 60.8 Å². The second-order valence-electron chi connectivity index (χ2n) is 23.8. The van der Waals surface area contributed by atoms with E-state index in [1.165, 1.54) is 231 Å². The molecule has 0 amide bonds. The number of hydrogen-bond donors (Lipinski definition) is 0. The van der Waals surface area contributed by atoms with E-state index in [0.29, 0.717) is 19.3 Å². The molecule has 0 fully saturated rings. The monoisotopic (exact) mass is 1120 g/mol. The topological polar surface area (TPSA) is 78.9 Å². The first kappa shape index (κ1) is 77.1. The van der Waals surface area contributed by atoms with Crippen LogP contribution in [0.25, 0.3) is 0 Å². The van der Waals surface area contributed by atoms with Gasteiger partial charge in [-0.2, -0.15) is 0 Å². The van der Waals surface area contributed by atoms with Crippen molar-refractivity contribution in [2.45, 2.75) is 380 Å². The summed E-state index contributed by atoms with van der Waals surface area (Å²) in [5.74, 6) is -0.901. The zero-order valence-corrected chi connectivity index (χ0v) is 53.6. The van der Waals surface area contributed by atoms with E-state index >= 15 is 0 Å². The second-order valence-corrected chi connectivity index (χ2v) is 23.8. The summed E-state index contributed by atoms with van der Waals surface area (Å²) in [5, 5.41) is 0. The van der Waals surface area contributed by atoms with Crippen LogP contribution in [0.5, 0.6) is 0 Å². The van der Waals surface area contributed by atoms with Gasteiger partial charge >= 0.3 is 17.9 Å². The third kappa shape index (κ3) is 65.9. The van der Waals surface area contributed by atoms with Gasteiger partial charge in [0.2, 0.25) is 0 Å². The summed E-state index contributed by atoms with van der Waals surface area (Å²) < 4.78 is 16.9. The zero-order valence-electron chi connectivity index (χ0n) is 53.6. The molecule has 0 aromatic rings. The van der Waals surface area contributed by atoms with Crippen molar-refractivity contribution in [3.05, 3.63) is 60.8 Å². The highest BCUT2D eigenvalue weighted by Crippen LogP contribution is 2.19. The van der Waals surface area contributed by atoms with Crippen molar-refractivity contribution in [3.8, 4) is 0 Å². The van der Waals surface area contributed by atoms with Gasteiger partial charge in [-0.25, -0.2) is 0 Å². The molecule has 80 heavy (non-hydrogen) atoms. The summed E-state index contributed by atoms with van der Waals surface area (Å²) >= 11 is 0. The predicted molar refractivity (Wildman–Crippen MR) is 348 cm³/mol. The summed E-state index contributed by atoms with van der Waals surface area (Å²) in [6.45, 7) is 6.51. The summed E-state index contributed by atoms with van der Waals surface area (Å²) in [7, 11) is 0. The maximum absolute atomic E-state index is 12.9. The number of esters is 3. The number of unbranched alkanes of at least 4 members (excludes halogenated alkanes) is 44. The average Bonchev–Trinajstić information content (AvgIpc) is 3.46. The van der Waals surface area contributed by atoms with E-state index in [1.807, 2.05) is 0 Å². The second kappa shape index (κ2) is 68.6. The maximum Gasteiger partial charge on any atom is 0.306 e. The van der Waals surface area contributed by atoms with Crippen LogP contribution in [0, 0.1) is 0 Å². The zero-order chi connectivity index (χ0) is 57.8. The molecule has 466 valence electrons. The van der Waals surface area contributed by atoms with Crippen molar-refractivity contribution in [2.75, 3.05) is 13.2 Å². The number of carbonyl (C=O) groups excluding carboxylic acids is 3. The van der Waals surface area contributed by atoms with E-state index in [1.54, 1.807) is 0 Å². The van der Waals surface area contributed by atoms with E-state index in [9.17, 15) is 14.4 Å². The summed E-state index contributed by atoms with van der Waals surface area (Å²) in [6, 6.07) is 0. The molecule has 1 atom stereocenters. The number of allylic oxidation sites excluding steroid dienone is 10. The van der Waals surface area contributed by atoms with Crippen LogP contribution in [0.2, 0.25) is 0 Å². The average molecular weight is 1120 g/mol. The molecular weight excluding hydrogens is 985 g/mol. The standard InChI is InChI=1S/C74H134O6/c1-4-7-10-13-16-19-22-24-26-28-29-30-31-32-33-34-35-36-37-38-39-40-41-42-43-44-46-47-49-52-55-58-61-64-67-73(76)79-70-71(69-78-72(75)66-63-60-57-54-51-21-18-15-12-9-6-3)80-74(77)68-65-62-59-56-53-50-48-45-27-25-23-20-17-14-11-8-5-2/h8,11,15,17-18,20,25,27,48,50,71H,4-7,9-10,12-14,16,19,21-24,26,28-47,49,51-70H2,1-3H3/b11-8-,18-15-,20-17-,27-25-,50-48-. The lowest BCUT2D eigenvalue weighted by atomic mass is 10.0. The van der Waals surface area contributed by atoms with Crippen molar-refractivity contribution >= 4 is 17.9 Å². The van der Waals surface area contributed by atoms with Gasteiger partial charge in [0.25, 0.3) is 0 Å². The Morgan fingerprint density at radius 1 is 0.263 bits per heavy atom. The van der Waals surface area contributed by atoms with E-state index in [2.05, 4.69) is 81.5 Å². The van der Waals surface area contributed by atoms with Crippen molar-refractivity contribution in [1.29, 1.82) is 0 Å². The fraction of sp³-hybridized carbons (Fsp3) is 0.824. The Balaban J connectivity index is 4.07. The molecule has 0 saturated carbocycles. The number of ether oxygens (including phenoxy) is 3. The van der Waals surface area contributed by atoms with Gasteiger partial charge in [-0.3, -0.25) is 14.4 Å². The first-order valence-corrected chi connectivity index (χ1v) is 35.3. The van der Waals surface area contributed by atoms with Gasteiger partial charge in [0.15, 0.2) is 6.10 Å². The van der Waals surface area contributed by atoms with Gasteiger partial charge in [0.05, 0.1) is 0 Å². The molecule has 1 unspecified atom stereocenters. The third-order valence-corrected chi connectivity index (χ3v) is 15.8. The summed E-state index contributed by atoms with van der Waals surface area (Å²) in [5.41, 5.74) is 0. The Kier molecular flexibility index (Phi) is 66.1. The molecule has 0 bridgehead atoms. The molecule has 0 radical (unpaired) electrons. The highest BCUT2D eigenvalue weighted by molar-refractivity contribution is 5.71. The van der Waals surface area contributed by atoms with Gasteiger partial charge in [-0.05, 0) is 77.0 Å². The molecule has 0 aliphatic rings. The number of hydrogen-bond acceptors (Lipinski definition) is 6. The van der Waals surface area contributed by atoms with Gasteiger partial charge < -0.3 is 14.2 Å². The van der Waals surface area contributed by atoms with E-state index in [0.717, 1.165) is 103 Å². The SMILES string of the molecule is CC/C=C\C/C=C\C/C=C\C/C=C\CCCCCCC(=O)OC(COC(=O)CCCCCCC/C=C\CCCC)COC(=O)CCCCCCCCCCCCCCCCCCCCCCCCCCCCCCCCCCCC. The van der Waals surface area contributed by atoms with Gasteiger partial charge in [0.1, 0.15) is 13.2 Å². The van der Waals surface area contributed by atoms with Gasteiger partial charge in [-0.15, -0.1) is 0 Å². The molecular formula is C74H134O6. The molecule has 0 heterocycles. The van der Waals surface area contributed by atoms with Crippen molar-refractivity contribution in [1.82, 2.24) is 0 Å². The molecule has 0 rings (SSSR count). The lowest BCUT2D eigenvalue weighted by molar-refractivity contribution is -0.167.